The van der Waals surface area contributed by atoms with Gasteiger partial charge in [0.2, 0.25) is 0 Å². The number of nitrogens with zero attached hydrogens (tertiary/aromatic N) is 1. The van der Waals surface area contributed by atoms with Crippen molar-refractivity contribution >= 4 is 15.9 Å². The monoisotopic (exact) mass is 324 g/mol. The molecule has 1 atom stereocenters. The topological polar surface area (TPSA) is 15.3 Å². The van der Waals surface area contributed by atoms with Crippen molar-refractivity contribution in [1.82, 2.24) is 10.2 Å². The van der Waals surface area contributed by atoms with E-state index in [1.54, 1.807) is 0 Å². The average molecular weight is 325 g/mol. The van der Waals surface area contributed by atoms with Crippen LogP contribution in [0.2, 0.25) is 0 Å². The summed E-state index contributed by atoms with van der Waals surface area (Å²) in [6.45, 7) is 10.2. The van der Waals surface area contributed by atoms with Gasteiger partial charge in [-0.05, 0) is 62.5 Å². The van der Waals surface area contributed by atoms with Gasteiger partial charge in [-0.3, -0.25) is 4.90 Å². The summed E-state index contributed by atoms with van der Waals surface area (Å²) in [4.78, 5) is 2.57. The van der Waals surface area contributed by atoms with Crippen LogP contribution in [0.25, 0.3) is 0 Å². The molecular weight excluding hydrogens is 300 g/mol. The molecule has 1 fully saturated rings. The van der Waals surface area contributed by atoms with E-state index < -0.39 is 0 Å². The number of hydrogen-bond acceptors (Lipinski definition) is 2. The van der Waals surface area contributed by atoms with E-state index in [4.69, 9.17) is 0 Å². The third-order valence-electron chi connectivity index (χ3n) is 3.99. The largest absolute Gasteiger partial charge is 0.316 e. The molecule has 0 bridgehead atoms. The van der Waals surface area contributed by atoms with E-state index in [9.17, 15) is 0 Å². The number of rotatable bonds is 5. The predicted molar refractivity (Wildman–Crippen MR) is 85.4 cm³/mol. The van der Waals surface area contributed by atoms with Crippen molar-refractivity contribution in [3.05, 3.63) is 33.8 Å². The van der Waals surface area contributed by atoms with E-state index in [-0.39, 0.29) is 0 Å². The van der Waals surface area contributed by atoms with E-state index in [0.29, 0.717) is 0 Å². The zero-order chi connectivity index (χ0) is 13.7. The Kier molecular flexibility index (Phi) is 5.86. The van der Waals surface area contributed by atoms with Gasteiger partial charge in [-0.2, -0.15) is 0 Å². The molecule has 0 aliphatic carbocycles. The Morgan fingerprint density at radius 3 is 2.89 bits per heavy atom. The van der Waals surface area contributed by atoms with E-state index in [0.717, 1.165) is 19.0 Å². The van der Waals surface area contributed by atoms with Gasteiger partial charge >= 0.3 is 0 Å². The summed E-state index contributed by atoms with van der Waals surface area (Å²) < 4.78 is 1.20. The molecule has 1 aliphatic rings. The molecule has 1 aromatic rings. The van der Waals surface area contributed by atoms with Crippen LogP contribution in [0.3, 0.4) is 0 Å². The van der Waals surface area contributed by atoms with Crippen molar-refractivity contribution in [3.8, 4) is 0 Å². The fourth-order valence-corrected chi connectivity index (χ4v) is 3.06. The summed E-state index contributed by atoms with van der Waals surface area (Å²) in [5, 5.41) is 3.51. The molecule has 1 heterocycles. The summed E-state index contributed by atoms with van der Waals surface area (Å²) in [7, 11) is 0. The first-order valence-electron chi connectivity index (χ1n) is 7.37. The molecule has 19 heavy (non-hydrogen) atoms. The van der Waals surface area contributed by atoms with Gasteiger partial charge in [0, 0.05) is 17.6 Å². The molecule has 1 unspecified atom stereocenters. The van der Waals surface area contributed by atoms with Crippen LogP contribution in [-0.2, 0) is 6.54 Å². The summed E-state index contributed by atoms with van der Waals surface area (Å²) >= 11 is 3.57. The number of piperidine rings is 1. The van der Waals surface area contributed by atoms with Crippen molar-refractivity contribution in [1.29, 1.82) is 0 Å². The number of hydrogen-bond donors (Lipinski definition) is 1. The van der Waals surface area contributed by atoms with Gasteiger partial charge in [-0.25, -0.2) is 0 Å². The van der Waals surface area contributed by atoms with Crippen LogP contribution in [0.15, 0.2) is 22.7 Å². The standard InChI is InChI=1S/C16H25BrN2/c1-3-19(12-15-5-4-8-18-10-15)11-14-6-7-16(17)13(2)9-14/h6-7,9,15,18H,3-5,8,10-12H2,1-2H3. The zero-order valence-electron chi connectivity index (χ0n) is 12.1. The predicted octanol–water partition coefficient (Wildman–Crippen LogP) is 3.58. The molecule has 2 rings (SSSR count). The van der Waals surface area contributed by atoms with Crippen LogP contribution in [-0.4, -0.2) is 31.1 Å². The molecule has 3 heteroatoms. The highest BCUT2D eigenvalue weighted by Gasteiger charge is 2.16. The van der Waals surface area contributed by atoms with Crippen LogP contribution in [0.1, 0.15) is 30.9 Å². The first-order valence-corrected chi connectivity index (χ1v) is 8.16. The Morgan fingerprint density at radius 1 is 1.42 bits per heavy atom. The van der Waals surface area contributed by atoms with Crippen LogP contribution >= 0.6 is 15.9 Å². The second kappa shape index (κ2) is 7.41. The summed E-state index contributed by atoms with van der Waals surface area (Å²) in [5.41, 5.74) is 2.75. The van der Waals surface area contributed by atoms with Crippen molar-refractivity contribution in [2.45, 2.75) is 33.2 Å². The van der Waals surface area contributed by atoms with Crippen LogP contribution in [0.5, 0.6) is 0 Å². The number of nitrogens with one attached hydrogen (secondary N) is 1. The first kappa shape index (κ1) is 15.0. The Bertz CT molecular complexity index is 400. The number of benzene rings is 1. The van der Waals surface area contributed by atoms with Crippen LogP contribution < -0.4 is 5.32 Å². The fraction of sp³-hybridized carbons (Fsp3) is 0.625. The Balaban J connectivity index is 1.92. The molecule has 0 saturated carbocycles. The molecule has 1 N–H and O–H groups in total. The molecule has 0 radical (unpaired) electrons. The highest BCUT2D eigenvalue weighted by molar-refractivity contribution is 9.10. The van der Waals surface area contributed by atoms with Gasteiger partial charge in [0.25, 0.3) is 0 Å². The van der Waals surface area contributed by atoms with E-state index in [1.165, 1.54) is 48.1 Å². The lowest BCUT2D eigenvalue weighted by Crippen LogP contribution is -2.38. The quantitative estimate of drug-likeness (QED) is 0.890. The van der Waals surface area contributed by atoms with Gasteiger partial charge in [0.1, 0.15) is 0 Å². The molecule has 106 valence electrons. The maximum absolute atomic E-state index is 3.57. The first-order chi connectivity index (χ1) is 9.19. The molecule has 1 saturated heterocycles. The third-order valence-corrected chi connectivity index (χ3v) is 4.88. The van der Waals surface area contributed by atoms with Crippen molar-refractivity contribution in [2.24, 2.45) is 5.92 Å². The lowest BCUT2D eigenvalue weighted by Gasteiger charge is -2.29. The SMILES string of the molecule is CCN(Cc1ccc(Br)c(C)c1)CC1CCCNC1. The lowest BCUT2D eigenvalue weighted by atomic mass is 9.99. The highest BCUT2D eigenvalue weighted by atomic mass is 79.9. The van der Waals surface area contributed by atoms with Gasteiger partial charge in [-0.15, -0.1) is 0 Å². The lowest BCUT2D eigenvalue weighted by molar-refractivity contribution is 0.209. The van der Waals surface area contributed by atoms with E-state index in [1.807, 2.05) is 0 Å². The van der Waals surface area contributed by atoms with Crippen molar-refractivity contribution < 1.29 is 0 Å². The van der Waals surface area contributed by atoms with Gasteiger partial charge in [0.05, 0.1) is 0 Å². The Labute approximate surface area is 125 Å². The smallest absolute Gasteiger partial charge is 0.0233 e. The molecule has 0 aromatic heterocycles. The van der Waals surface area contributed by atoms with Crippen LogP contribution in [0, 0.1) is 12.8 Å². The molecule has 1 aliphatic heterocycles. The Hall–Kier alpha value is -0.380. The highest BCUT2D eigenvalue weighted by Crippen LogP contribution is 2.19. The maximum atomic E-state index is 3.57. The second-order valence-corrected chi connectivity index (χ2v) is 6.48. The van der Waals surface area contributed by atoms with Gasteiger partial charge in [-0.1, -0.05) is 35.0 Å². The molecule has 0 amide bonds. The molecule has 0 spiro atoms. The summed E-state index contributed by atoms with van der Waals surface area (Å²) in [6.07, 6.45) is 2.71. The minimum absolute atomic E-state index is 0.824. The zero-order valence-corrected chi connectivity index (χ0v) is 13.7. The number of halogens is 1. The normalized spacial score (nSPS) is 19.9. The fourth-order valence-electron chi connectivity index (χ4n) is 2.81. The van der Waals surface area contributed by atoms with Crippen LogP contribution in [0.4, 0.5) is 0 Å². The molecule has 1 aromatic carbocycles. The Morgan fingerprint density at radius 2 is 2.26 bits per heavy atom. The molecular formula is C16H25BrN2. The maximum Gasteiger partial charge on any atom is 0.0233 e. The third kappa shape index (κ3) is 4.59. The van der Waals surface area contributed by atoms with Crippen molar-refractivity contribution in [2.75, 3.05) is 26.2 Å². The number of aryl methyl sites for hydroxylation is 1. The molecule has 2 nitrogen and oxygen atoms in total. The average Bonchev–Trinajstić information content (AvgIpc) is 2.43. The van der Waals surface area contributed by atoms with Gasteiger partial charge in [0.15, 0.2) is 0 Å². The minimum Gasteiger partial charge on any atom is -0.316 e. The van der Waals surface area contributed by atoms with E-state index >= 15 is 0 Å². The second-order valence-electron chi connectivity index (χ2n) is 5.62. The van der Waals surface area contributed by atoms with Gasteiger partial charge < -0.3 is 5.32 Å². The summed E-state index contributed by atoms with van der Waals surface area (Å²) in [5.74, 6) is 0.824. The summed E-state index contributed by atoms with van der Waals surface area (Å²) in [6, 6.07) is 6.70. The minimum atomic E-state index is 0.824. The van der Waals surface area contributed by atoms with Crippen molar-refractivity contribution in [3.63, 3.8) is 0 Å². The van der Waals surface area contributed by atoms with E-state index in [2.05, 4.69) is 58.2 Å².